The topological polar surface area (TPSA) is 66.5 Å². The summed E-state index contributed by atoms with van der Waals surface area (Å²) in [5.41, 5.74) is 2.89. The SMILES string of the molecule is Cc1ccc(N([C@@H](C)C(=O)Nc2ccccc2Cl)S(C)(=O)=O)cc1C. The minimum Gasteiger partial charge on any atom is -0.323 e. The van der Waals surface area contributed by atoms with Crippen LogP contribution in [-0.4, -0.2) is 26.6 Å². The zero-order valence-corrected chi connectivity index (χ0v) is 16.1. The molecule has 1 N–H and O–H groups in total. The van der Waals surface area contributed by atoms with Gasteiger partial charge in [0.15, 0.2) is 0 Å². The highest BCUT2D eigenvalue weighted by atomic mass is 35.5. The lowest BCUT2D eigenvalue weighted by Crippen LogP contribution is -2.45. The average molecular weight is 381 g/mol. The van der Waals surface area contributed by atoms with Crippen LogP contribution < -0.4 is 9.62 Å². The molecule has 0 saturated carbocycles. The third-order valence-electron chi connectivity index (χ3n) is 3.97. The Morgan fingerprint density at radius 2 is 1.76 bits per heavy atom. The van der Waals surface area contributed by atoms with Crippen molar-refractivity contribution >= 4 is 38.9 Å². The van der Waals surface area contributed by atoms with Crippen molar-refractivity contribution < 1.29 is 13.2 Å². The Morgan fingerprint density at radius 1 is 1.12 bits per heavy atom. The maximum absolute atomic E-state index is 12.6. The number of carbonyl (C=O) groups excluding carboxylic acids is 1. The molecule has 2 aromatic carbocycles. The van der Waals surface area contributed by atoms with Gasteiger partial charge >= 0.3 is 0 Å². The van der Waals surface area contributed by atoms with E-state index in [2.05, 4.69) is 5.32 Å². The van der Waals surface area contributed by atoms with Crippen molar-refractivity contribution in [1.29, 1.82) is 0 Å². The maximum Gasteiger partial charge on any atom is 0.248 e. The van der Waals surface area contributed by atoms with Crippen molar-refractivity contribution in [1.82, 2.24) is 0 Å². The molecule has 0 aliphatic heterocycles. The lowest BCUT2D eigenvalue weighted by atomic mass is 10.1. The molecule has 0 aliphatic carbocycles. The zero-order chi connectivity index (χ0) is 18.8. The molecule has 0 radical (unpaired) electrons. The number of para-hydroxylation sites is 1. The summed E-state index contributed by atoms with van der Waals surface area (Å²) in [4.78, 5) is 12.6. The first-order chi connectivity index (χ1) is 11.6. The fraction of sp³-hybridized carbons (Fsp3) is 0.278. The van der Waals surface area contributed by atoms with Gasteiger partial charge in [-0.1, -0.05) is 29.8 Å². The molecule has 2 rings (SSSR count). The molecule has 5 nitrogen and oxygen atoms in total. The molecule has 0 spiro atoms. The molecular weight excluding hydrogens is 360 g/mol. The second-order valence-corrected chi connectivity index (χ2v) is 8.24. The summed E-state index contributed by atoms with van der Waals surface area (Å²) in [6, 6.07) is 11.2. The number of anilines is 2. The van der Waals surface area contributed by atoms with Gasteiger partial charge in [0.25, 0.3) is 0 Å². The second-order valence-electron chi connectivity index (χ2n) is 5.97. The van der Waals surface area contributed by atoms with Gasteiger partial charge in [0.1, 0.15) is 6.04 Å². The van der Waals surface area contributed by atoms with Crippen LogP contribution >= 0.6 is 11.6 Å². The Morgan fingerprint density at radius 3 is 2.32 bits per heavy atom. The monoisotopic (exact) mass is 380 g/mol. The van der Waals surface area contributed by atoms with E-state index in [0.29, 0.717) is 16.4 Å². The number of amides is 1. The van der Waals surface area contributed by atoms with Crippen molar-refractivity contribution in [3.05, 3.63) is 58.6 Å². The van der Waals surface area contributed by atoms with Crippen LogP contribution in [0.1, 0.15) is 18.1 Å². The highest BCUT2D eigenvalue weighted by molar-refractivity contribution is 7.92. The molecular formula is C18H21ClN2O3S. The predicted molar refractivity (Wildman–Crippen MR) is 103 cm³/mol. The molecule has 134 valence electrons. The summed E-state index contributed by atoms with van der Waals surface area (Å²) < 4.78 is 25.7. The van der Waals surface area contributed by atoms with Gasteiger partial charge in [-0.2, -0.15) is 0 Å². The van der Waals surface area contributed by atoms with Crippen molar-refractivity contribution in [3.63, 3.8) is 0 Å². The fourth-order valence-corrected chi connectivity index (χ4v) is 3.82. The first-order valence-electron chi connectivity index (χ1n) is 7.73. The average Bonchev–Trinajstić information content (AvgIpc) is 2.51. The Bertz CT molecular complexity index is 897. The van der Waals surface area contributed by atoms with Gasteiger partial charge in [-0.3, -0.25) is 9.10 Å². The number of halogens is 1. The molecule has 1 amide bonds. The smallest absolute Gasteiger partial charge is 0.248 e. The minimum absolute atomic E-state index is 0.389. The molecule has 2 aromatic rings. The quantitative estimate of drug-likeness (QED) is 0.858. The van der Waals surface area contributed by atoms with Gasteiger partial charge in [0, 0.05) is 0 Å². The zero-order valence-electron chi connectivity index (χ0n) is 14.6. The molecule has 0 bridgehead atoms. The van der Waals surface area contributed by atoms with Gasteiger partial charge in [-0.05, 0) is 56.2 Å². The van der Waals surface area contributed by atoms with Crippen LogP contribution in [0.15, 0.2) is 42.5 Å². The molecule has 0 unspecified atom stereocenters. The van der Waals surface area contributed by atoms with Crippen LogP contribution in [-0.2, 0) is 14.8 Å². The van der Waals surface area contributed by atoms with E-state index >= 15 is 0 Å². The summed E-state index contributed by atoms with van der Waals surface area (Å²) >= 11 is 6.05. The van der Waals surface area contributed by atoms with Crippen LogP contribution in [0.5, 0.6) is 0 Å². The number of benzene rings is 2. The van der Waals surface area contributed by atoms with Crippen LogP contribution in [0, 0.1) is 13.8 Å². The van der Waals surface area contributed by atoms with E-state index < -0.39 is 22.0 Å². The van der Waals surface area contributed by atoms with E-state index in [1.807, 2.05) is 19.9 Å². The molecule has 0 heterocycles. The lowest BCUT2D eigenvalue weighted by Gasteiger charge is -2.28. The number of nitrogens with one attached hydrogen (secondary N) is 1. The van der Waals surface area contributed by atoms with Gasteiger partial charge in [0.05, 0.1) is 22.7 Å². The predicted octanol–water partition coefficient (Wildman–Crippen LogP) is 3.75. The first kappa shape index (κ1) is 19.3. The largest absolute Gasteiger partial charge is 0.323 e. The van der Waals surface area contributed by atoms with Gasteiger partial charge in [-0.15, -0.1) is 0 Å². The summed E-state index contributed by atoms with van der Waals surface area (Å²) in [6.07, 6.45) is 1.08. The highest BCUT2D eigenvalue weighted by Gasteiger charge is 2.29. The van der Waals surface area contributed by atoms with Crippen LogP contribution in [0.25, 0.3) is 0 Å². The van der Waals surface area contributed by atoms with E-state index in [9.17, 15) is 13.2 Å². The maximum atomic E-state index is 12.6. The standard InChI is InChI=1S/C18H21ClN2O3S/c1-12-9-10-15(11-13(12)2)21(25(4,23)24)14(3)18(22)20-17-8-6-5-7-16(17)19/h5-11,14H,1-4H3,(H,20,22)/t14-/m0/s1. The third-order valence-corrected chi connectivity index (χ3v) is 5.54. The summed E-state index contributed by atoms with van der Waals surface area (Å²) in [5.74, 6) is -0.461. The van der Waals surface area contributed by atoms with E-state index in [1.165, 1.54) is 0 Å². The number of sulfonamides is 1. The fourth-order valence-electron chi connectivity index (χ4n) is 2.47. The third kappa shape index (κ3) is 4.52. The van der Waals surface area contributed by atoms with Gasteiger partial charge in [0.2, 0.25) is 15.9 Å². The molecule has 0 aliphatic rings. The van der Waals surface area contributed by atoms with Crippen molar-refractivity contribution in [3.8, 4) is 0 Å². The van der Waals surface area contributed by atoms with E-state index in [1.54, 1.807) is 43.3 Å². The number of hydrogen-bond donors (Lipinski definition) is 1. The Labute approximate surface area is 153 Å². The number of nitrogens with zero attached hydrogens (tertiary/aromatic N) is 1. The first-order valence-corrected chi connectivity index (χ1v) is 9.96. The number of rotatable bonds is 5. The van der Waals surface area contributed by atoms with Crippen molar-refractivity contribution in [2.45, 2.75) is 26.8 Å². The molecule has 0 saturated heterocycles. The van der Waals surface area contributed by atoms with E-state index in [-0.39, 0.29) is 0 Å². The number of carbonyl (C=O) groups is 1. The summed E-state index contributed by atoms with van der Waals surface area (Å²) in [5, 5.41) is 3.07. The summed E-state index contributed by atoms with van der Waals surface area (Å²) in [7, 11) is -3.65. The Kier molecular flexibility index (Phi) is 5.75. The minimum atomic E-state index is -3.65. The van der Waals surface area contributed by atoms with Crippen LogP contribution in [0.4, 0.5) is 11.4 Å². The Hall–Kier alpha value is -2.05. The number of hydrogen-bond acceptors (Lipinski definition) is 3. The van der Waals surface area contributed by atoms with E-state index in [0.717, 1.165) is 21.7 Å². The second kappa shape index (κ2) is 7.45. The molecule has 0 fully saturated rings. The lowest BCUT2D eigenvalue weighted by molar-refractivity contribution is -0.116. The van der Waals surface area contributed by atoms with Crippen molar-refractivity contribution in [2.24, 2.45) is 0 Å². The Balaban J connectivity index is 2.36. The molecule has 1 atom stereocenters. The van der Waals surface area contributed by atoms with Gasteiger partial charge in [-0.25, -0.2) is 8.42 Å². The van der Waals surface area contributed by atoms with Gasteiger partial charge < -0.3 is 5.32 Å². The normalized spacial score (nSPS) is 12.5. The van der Waals surface area contributed by atoms with Crippen LogP contribution in [0.2, 0.25) is 5.02 Å². The van der Waals surface area contributed by atoms with E-state index in [4.69, 9.17) is 11.6 Å². The molecule has 25 heavy (non-hydrogen) atoms. The molecule has 7 heteroatoms. The van der Waals surface area contributed by atoms with Crippen LogP contribution in [0.3, 0.4) is 0 Å². The number of aryl methyl sites for hydroxylation is 2. The summed E-state index contributed by atoms with van der Waals surface area (Å²) in [6.45, 7) is 5.38. The van der Waals surface area contributed by atoms with Crippen molar-refractivity contribution in [2.75, 3.05) is 15.9 Å². The highest BCUT2D eigenvalue weighted by Crippen LogP contribution is 2.25. The molecule has 0 aromatic heterocycles.